The van der Waals surface area contributed by atoms with Crippen molar-refractivity contribution in [3.05, 3.63) is 78.1 Å². The van der Waals surface area contributed by atoms with Gasteiger partial charge in [-0.1, -0.05) is 39.0 Å². The normalized spacial score (nSPS) is 12.0. The minimum Gasteiger partial charge on any atom is -0.494 e. The monoisotopic (exact) mass is 521 g/mol. The highest BCUT2D eigenvalue weighted by atomic mass is 19.1. The predicted molar refractivity (Wildman–Crippen MR) is 151 cm³/mol. The van der Waals surface area contributed by atoms with Crippen LogP contribution in [-0.4, -0.2) is 24.8 Å². The Morgan fingerprint density at radius 2 is 1.42 bits per heavy atom. The summed E-state index contributed by atoms with van der Waals surface area (Å²) < 4.78 is 25.9. The molecule has 1 atom stereocenters. The van der Waals surface area contributed by atoms with E-state index in [9.17, 15) is 9.50 Å². The second kappa shape index (κ2) is 15.7. The molecule has 7 heteroatoms. The lowest BCUT2D eigenvalue weighted by Gasteiger charge is -2.20. The van der Waals surface area contributed by atoms with Crippen LogP contribution >= 0.6 is 0 Å². The fraction of sp³-hybridized carbons (Fsp3) is 0.419. The zero-order chi connectivity index (χ0) is 27.2. The molecule has 0 radical (unpaired) electrons. The van der Waals surface area contributed by atoms with Crippen molar-refractivity contribution in [2.75, 3.05) is 24.6 Å². The van der Waals surface area contributed by atoms with E-state index in [0.29, 0.717) is 23.5 Å². The summed E-state index contributed by atoms with van der Waals surface area (Å²) >= 11 is 0. The zero-order valence-corrected chi connectivity index (χ0v) is 22.8. The molecule has 0 saturated heterocycles. The third-order valence-electron chi connectivity index (χ3n) is 6.35. The molecule has 38 heavy (non-hydrogen) atoms. The van der Waals surface area contributed by atoms with Crippen LogP contribution in [0.15, 0.2) is 77.0 Å². The number of aliphatic hydroxyl groups is 1. The first-order valence-electron chi connectivity index (χ1n) is 13.7. The highest BCUT2D eigenvalue weighted by Crippen LogP contribution is 2.29. The van der Waals surface area contributed by atoms with Gasteiger partial charge < -0.3 is 19.5 Å². The third kappa shape index (κ3) is 9.14. The zero-order valence-electron chi connectivity index (χ0n) is 22.8. The van der Waals surface area contributed by atoms with Crippen molar-refractivity contribution in [1.29, 1.82) is 0 Å². The molecule has 3 aromatic rings. The van der Waals surface area contributed by atoms with Crippen molar-refractivity contribution in [2.45, 2.75) is 65.6 Å². The number of rotatable bonds is 16. The largest absolute Gasteiger partial charge is 0.494 e. The Morgan fingerprint density at radius 1 is 0.789 bits per heavy atom. The van der Waals surface area contributed by atoms with Crippen LogP contribution in [0.3, 0.4) is 0 Å². The average molecular weight is 522 g/mol. The minimum atomic E-state index is -1.31. The third-order valence-corrected chi connectivity index (χ3v) is 6.35. The predicted octanol–water partition coefficient (Wildman–Crippen LogP) is 8.90. The Hall–Kier alpha value is -3.45. The quantitative estimate of drug-likeness (QED) is 0.116. The molecule has 204 valence electrons. The molecular formula is C31H40FN3O3. The molecule has 0 fully saturated rings. The minimum absolute atomic E-state index is 0.0663. The van der Waals surface area contributed by atoms with Gasteiger partial charge in [-0.05, 0) is 80.9 Å². The van der Waals surface area contributed by atoms with Crippen LogP contribution in [0.5, 0.6) is 11.5 Å². The Balaban J connectivity index is 1.50. The maximum atomic E-state index is 14.6. The van der Waals surface area contributed by atoms with Gasteiger partial charge in [0.15, 0.2) is 11.6 Å². The number of halogens is 1. The van der Waals surface area contributed by atoms with E-state index in [2.05, 4.69) is 35.9 Å². The van der Waals surface area contributed by atoms with Gasteiger partial charge in [0, 0.05) is 30.4 Å². The number of anilines is 1. The van der Waals surface area contributed by atoms with Crippen molar-refractivity contribution >= 4 is 17.1 Å². The van der Waals surface area contributed by atoms with Crippen molar-refractivity contribution in [2.24, 2.45) is 10.2 Å². The van der Waals surface area contributed by atoms with Gasteiger partial charge in [-0.15, -0.1) is 0 Å². The molecule has 0 heterocycles. The number of hydrogen-bond acceptors (Lipinski definition) is 6. The van der Waals surface area contributed by atoms with Gasteiger partial charge in [-0.2, -0.15) is 10.2 Å². The molecule has 1 N–H and O–H groups in total. The topological polar surface area (TPSA) is 66.6 Å². The average Bonchev–Trinajstić information content (AvgIpc) is 2.94. The second-order valence-corrected chi connectivity index (χ2v) is 9.16. The lowest BCUT2D eigenvalue weighted by atomic mass is 10.1. The molecule has 0 aliphatic carbocycles. The van der Waals surface area contributed by atoms with E-state index >= 15 is 0 Å². The molecule has 0 spiro atoms. The van der Waals surface area contributed by atoms with Gasteiger partial charge in [0.2, 0.25) is 6.29 Å². The van der Waals surface area contributed by atoms with Crippen molar-refractivity contribution in [3.8, 4) is 11.5 Å². The van der Waals surface area contributed by atoms with Crippen LogP contribution in [0.2, 0.25) is 0 Å². The number of benzene rings is 3. The summed E-state index contributed by atoms with van der Waals surface area (Å²) in [6.45, 7) is 8.96. The Bertz CT molecular complexity index is 1120. The summed E-state index contributed by atoms with van der Waals surface area (Å²) in [5.41, 5.74) is 2.66. The van der Waals surface area contributed by atoms with Crippen LogP contribution in [0.4, 0.5) is 21.5 Å². The Labute approximate surface area is 226 Å². The number of nitrogens with zero attached hydrogens (tertiary/aromatic N) is 3. The molecular weight excluding hydrogens is 481 g/mol. The highest BCUT2D eigenvalue weighted by molar-refractivity contribution is 5.53. The van der Waals surface area contributed by atoms with E-state index < -0.39 is 12.1 Å². The van der Waals surface area contributed by atoms with Gasteiger partial charge in [0.25, 0.3) is 0 Å². The fourth-order valence-electron chi connectivity index (χ4n) is 4.07. The van der Waals surface area contributed by atoms with E-state index in [1.54, 1.807) is 30.3 Å². The van der Waals surface area contributed by atoms with E-state index in [1.165, 1.54) is 44.2 Å². The maximum Gasteiger partial charge on any atom is 0.224 e. The first-order chi connectivity index (χ1) is 18.5. The van der Waals surface area contributed by atoms with Gasteiger partial charge in [-0.25, -0.2) is 4.39 Å². The summed E-state index contributed by atoms with van der Waals surface area (Å²) in [6, 6.07) is 19.0. The van der Waals surface area contributed by atoms with Crippen LogP contribution in [-0.2, 0) is 0 Å². The van der Waals surface area contributed by atoms with Gasteiger partial charge in [0.05, 0.1) is 18.0 Å². The van der Waals surface area contributed by atoms with E-state index in [4.69, 9.17) is 9.47 Å². The summed E-state index contributed by atoms with van der Waals surface area (Å²) in [5.74, 6) is 0.0396. The van der Waals surface area contributed by atoms with Crippen molar-refractivity contribution in [3.63, 3.8) is 0 Å². The fourth-order valence-corrected chi connectivity index (χ4v) is 4.07. The van der Waals surface area contributed by atoms with E-state index in [0.717, 1.165) is 30.9 Å². The number of ether oxygens (including phenoxy) is 2. The number of aliphatic hydroxyl groups excluding tert-OH is 1. The maximum absolute atomic E-state index is 14.6. The molecule has 0 saturated carbocycles. The first-order valence-corrected chi connectivity index (χ1v) is 13.7. The molecule has 6 nitrogen and oxygen atoms in total. The van der Waals surface area contributed by atoms with Crippen molar-refractivity contribution in [1.82, 2.24) is 0 Å². The van der Waals surface area contributed by atoms with E-state index in [1.807, 2.05) is 24.3 Å². The number of unbranched alkanes of at least 4 members (excludes halogenated alkanes) is 5. The second-order valence-electron chi connectivity index (χ2n) is 9.16. The molecule has 0 aliphatic heterocycles. The Morgan fingerprint density at radius 3 is 2.08 bits per heavy atom. The summed E-state index contributed by atoms with van der Waals surface area (Å²) in [7, 11) is 0. The lowest BCUT2D eigenvalue weighted by Crippen LogP contribution is -2.21. The highest BCUT2D eigenvalue weighted by Gasteiger charge is 2.13. The Kier molecular flexibility index (Phi) is 12.0. The van der Waals surface area contributed by atoms with Crippen LogP contribution in [0.1, 0.15) is 71.1 Å². The van der Waals surface area contributed by atoms with Crippen LogP contribution in [0.25, 0.3) is 0 Å². The van der Waals surface area contributed by atoms with Gasteiger partial charge >= 0.3 is 0 Å². The van der Waals surface area contributed by atoms with Gasteiger partial charge in [0.1, 0.15) is 5.75 Å². The molecule has 0 aliphatic rings. The first kappa shape index (κ1) is 29.1. The van der Waals surface area contributed by atoms with Crippen LogP contribution in [0, 0.1) is 5.82 Å². The molecule has 0 bridgehead atoms. The molecule has 3 rings (SSSR count). The number of hydrogen-bond donors (Lipinski definition) is 1. The van der Waals surface area contributed by atoms with Crippen LogP contribution < -0.4 is 14.4 Å². The smallest absolute Gasteiger partial charge is 0.224 e. The lowest BCUT2D eigenvalue weighted by molar-refractivity contribution is -0.0220. The SMILES string of the molecule is CCCCCCCCOc1ccc(C(O)Oc2ccc(N=Nc3ccc(N(CC)CC)cc3)cc2F)cc1. The summed E-state index contributed by atoms with van der Waals surface area (Å²) in [4.78, 5) is 2.24. The molecule has 0 amide bonds. The summed E-state index contributed by atoms with van der Waals surface area (Å²) in [6.07, 6.45) is 5.94. The molecule has 0 aromatic heterocycles. The van der Waals surface area contributed by atoms with Gasteiger partial charge in [-0.3, -0.25) is 0 Å². The standard InChI is InChI=1S/C31H40FN3O3/c1-4-7-8-9-10-11-22-37-28-19-12-24(13-20-28)31(36)38-30-21-16-26(23-29(30)32)34-33-25-14-17-27(18-15-25)35(5-2)6-3/h12-21,23,31,36H,4-11,22H2,1-3H3. The molecule has 3 aromatic carbocycles. The van der Waals surface area contributed by atoms with Crippen molar-refractivity contribution < 1.29 is 19.0 Å². The molecule has 1 unspecified atom stereocenters. The summed E-state index contributed by atoms with van der Waals surface area (Å²) in [5, 5.41) is 18.8. The number of azo groups is 1. The van der Waals surface area contributed by atoms with E-state index in [-0.39, 0.29) is 5.75 Å².